The van der Waals surface area contributed by atoms with E-state index in [0.717, 1.165) is 6.54 Å². The van der Waals surface area contributed by atoms with Gasteiger partial charge in [0.05, 0.1) is 11.3 Å². The second-order valence-electron chi connectivity index (χ2n) is 5.89. The maximum absolute atomic E-state index is 11.4. The predicted molar refractivity (Wildman–Crippen MR) is 80.5 cm³/mol. The molecule has 1 aliphatic heterocycles. The third-order valence-electron chi connectivity index (χ3n) is 4.35. The first-order chi connectivity index (χ1) is 10.1. The lowest BCUT2D eigenvalue weighted by atomic mass is 9.89. The Morgan fingerprint density at radius 1 is 1.29 bits per heavy atom. The molecule has 0 bridgehead atoms. The van der Waals surface area contributed by atoms with Gasteiger partial charge in [-0.05, 0) is 30.4 Å². The lowest BCUT2D eigenvalue weighted by Gasteiger charge is -2.22. The van der Waals surface area contributed by atoms with Gasteiger partial charge in [-0.25, -0.2) is 0 Å². The number of nitro benzene ring substituents is 1. The Morgan fingerprint density at radius 2 is 2.05 bits per heavy atom. The van der Waals surface area contributed by atoms with Crippen molar-refractivity contribution >= 4 is 23.0 Å². The average molecular weight is 289 g/mol. The van der Waals surface area contributed by atoms with Gasteiger partial charge in [0.1, 0.15) is 5.69 Å². The van der Waals surface area contributed by atoms with Crippen LogP contribution >= 0.6 is 0 Å². The van der Waals surface area contributed by atoms with Crippen molar-refractivity contribution in [2.75, 3.05) is 17.2 Å². The van der Waals surface area contributed by atoms with Gasteiger partial charge in [0.15, 0.2) is 0 Å². The zero-order chi connectivity index (χ0) is 14.8. The molecule has 0 radical (unpaired) electrons. The van der Waals surface area contributed by atoms with Gasteiger partial charge in [-0.2, -0.15) is 0 Å². The number of nitrogens with one attached hydrogen (secondary N) is 2. The third kappa shape index (κ3) is 2.99. The lowest BCUT2D eigenvalue weighted by molar-refractivity contribution is -0.384. The molecular formula is C15H19N3O3. The van der Waals surface area contributed by atoms with Gasteiger partial charge in [-0.1, -0.05) is 19.3 Å². The molecule has 2 aliphatic rings. The van der Waals surface area contributed by atoms with Gasteiger partial charge in [-0.3, -0.25) is 14.9 Å². The van der Waals surface area contributed by atoms with Gasteiger partial charge in [-0.15, -0.1) is 0 Å². The first-order valence-corrected chi connectivity index (χ1v) is 7.48. The number of rotatable bonds is 4. The highest BCUT2D eigenvalue weighted by Crippen LogP contribution is 2.35. The van der Waals surface area contributed by atoms with Crippen LogP contribution in [0, 0.1) is 16.0 Å². The van der Waals surface area contributed by atoms with Crippen molar-refractivity contribution in [2.45, 2.75) is 38.5 Å². The fraction of sp³-hybridized carbons (Fsp3) is 0.533. The predicted octanol–water partition coefficient (Wildman–Crippen LogP) is 3.08. The molecule has 1 fully saturated rings. The molecule has 6 nitrogen and oxygen atoms in total. The van der Waals surface area contributed by atoms with Crippen LogP contribution in [0.15, 0.2) is 12.1 Å². The smallest absolute Gasteiger partial charge is 0.292 e. The molecule has 0 unspecified atom stereocenters. The number of carbonyl (C=O) groups is 1. The first kappa shape index (κ1) is 13.9. The molecule has 6 heteroatoms. The van der Waals surface area contributed by atoms with E-state index in [0.29, 0.717) is 22.9 Å². The zero-order valence-electron chi connectivity index (χ0n) is 11.9. The van der Waals surface area contributed by atoms with E-state index < -0.39 is 0 Å². The van der Waals surface area contributed by atoms with Crippen LogP contribution in [0.5, 0.6) is 0 Å². The molecule has 2 N–H and O–H groups in total. The fourth-order valence-electron chi connectivity index (χ4n) is 3.20. The highest BCUT2D eigenvalue weighted by Gasteiger charge is 2.25. The van der Waals surface area contributed by atoms with Gasteiger partial charge in [0.25, 0.3) is 5.69 Å². The minimum Gasteiger partial charge on any atom is -0.379 e. The van der Waals surface area contributed by atoms with Crippen LogP contribution in [0.3, 0.4) is 0 Å². The van der Waals surface area contributed by atoms with Crippen molar-refractivity contribution in [3.05, 3.63) is 27.8 Å². The summed E-state index contributed by atoms with van der Waals surface area (Å²) in [4.78, 5) is 22.2. The molecule has 0 atom stereocenters. The van der Waals surface area contributed by atoms with Gasteiger partial charge in [0.2, 0.25) is 5.91 Å². The van der Waals surface area contributed by atoms with E-state index in [1.54, 1.807) is 6.07 Å². The Hall–Kier alpha value is -2.11. The fourth-order valence-corrected chi connectivity index (χ4v) is 3.20. The summed E-state index contributed by atoms with van der Waals surface area (Å²) in [5, 5.41) is 17.2. The Kier molecular flexibility index (Phi) is 3.77. The van der Waals surface area contributed by atoms with Crippen molar-refractivity contribution in [2.24, 2.45) is 5.92 Å². The number of amides is 1. The minimum absolute atomic E-state index is 0.0565. The molecule has 1 heterocycles. The number of hydrogen-bond acceptors (Lipinski definition) is 4. The summed E-state index contributed by atoms with van der Waals surface area (Å²) in [5.74, 6) is 0.477. The second-order valence-corrected chi connectivity index (χ2v) is 5.89. The van der Waals surface area contributed by atoms with Crippen LogP contribution in [0.2, 0.25) is 0 Å². The normalized spacial score (nSPS) is 18.2. The van der Waals surface area contributed by atoms with E-state index in [1.165, 1.54) is 38.2 Å². The van der Waals surface area contributed by atoms with Crippen LogP contribution < -0.4 is 10.6 Å². The number of carbonyl (C=O) groups excluding carboxylic acids is 1. The number of anilines is 2. The average Bonchev–Trinajstić information content (AvgIpc) is 2.84. The number of hydrogen-bond donors (Lipinski definition) is 2. The standard InChI is InChI=1S/C15H19N3O3/c19-15-7-11-6-14(18(20)21)13(8-12(11)17-15)16-9-10-4-2-1-3-5-10/h6,8,10,16H,1-5,7,9H2,(H,17,19). The van der Waals surface area contributed by atoms with Crippen molar-refractivity contribution in [3.63, 3.8) is 0 Å². The van der Waals surface area contributed by atoms with Crippen LogP contribution in [-0.4, -0.2) is 17.4 Å². The summed E-state index contributed by atoms with van der Waals surface area (Å²) in [6, 6.07) is 3.21. The van der Waals surface area contributed by atoms with Gasteiger partial charge in [0, 0.05) is 18.3 Å². The molecule has 112 valence electrons. The highest BCUT2D eigenvalue weighted by molar-refractivity contribution is 6.00. The molecule has 0 spiro atoms. The highest BCUT2D eigenvalue weighted by atomic mass is 16.6. The second kappa shape index (κ2) is 5.71. The Balaban J connectivity index is 1.78. The summed E-state index contributed by atoms with van der Waals surface area (Å²) in [6.07, 6.45) is 6.37. The lowest BCUT2D eigenvalue weighted by Crippen LogP contribution is -2.17. The zero-order valence-corrected chi connectivity index (χ0v) is 11.9. The van der Waals surface area contributed by atoms with E-state index in [2.05, 4.69) is 10.6 Å². The quantitative estimate of drug-likeness (QED) is 0.659. The summed E-state index contributed by atoms with van der Waals surface area (Å²) in [6.45, 7) is 0.758. The van der Waals surface area contributed by atoms with E-state index >= 15 is 0 Å². The van der Waals surface area contributed by atoms with Crippen LogP contribution in [0.4, 0.5) is 17.1 Å². The van der Waals surface area contributed by atoms with Gasteiger partial charge < -0.3 is 10.6 Å². The van der Waals surface area contributed by atoms with Crippen molar-refractivity contribution in [1.29, 1.82) is 0 Å². The van der Waals surface area contributed by atoms with Crippen molar-refractivity contribution in [1.82, 2.24) is 0 Å². The van der Waals surface area contributed by atoms with E-state index in [-0.39, 0.29) is 22.9 Å². The number of benzene rings is 1. The maximum atomic E-state index is 11.4. The molecule has 3 rings (SSSR count). The molecule has 0 aromatic heterocycles. The molecule has 1 aliphatic carbocycles. The van der Waals surface area contributed by atoms with Crippen LogP contribution in [-0.2, 0) is 11.2 Å². The molecule has 1 aromatic rings. The number of fused-ring (bicyclic) bond motifs is 1. The Labute approximate surface area is 123 Å². The largest absolute Gasteiger partial charge is 0.379 e. The Morgan fingerprint density at radius 3 is 2.76 bits per heavy atom. The van der Waals surface area contributed by atoms with Crippen molar-refractivity contribution in [3.8, 4) is 0 Å². The van der Waals surface area contributed by atoms with Gasteiger partial charge >= 0.3 is 0 Å². The van der Waals surface area contributed by atoms with Crippen LogP contribution in [0.25, 0.3) is 0 Å². The Bertz CT molecular complexity index is 580. The number of nitro groups is 1. The summed E-state index contributed by atoms with van der Waals surface area (Å²) >= 11 is 0. The summed E-state index contributed by atoms with van der Waals surface area (Å²) < 4.78 is 0. The first-order valence-electron chi connectivity index (χ1n) is 7.48. The van der Waals surface area contributed by atoms with Crippen LogP contribution in [0.1, 0.15) is 37.7 Å². The van der Waals surface area contributed by atoms with E-state index in [9.17, 15) is 14.9 Å². The van der Waals surface area contributed by atoms with E-state index in [4.69, 9.17) is 0 Å². The topological polar surface area (TPSA) is 84.3 Å². The number of nitrogens with zero attached hydrogens (tertiary/aromatic N) is 1. The molecule has 1 amide bonds. The van der Waals surface area contributed by atoms with E-state index in [1.807, 2.05) is 0 Å². The monoisotopic (exact) mass is 289 g/mol. The molecular weight excluding hydrogens is 270 g/mol. The van der Waals surface area contributed by atoms with Crippen molar-refractivity contribution < 1.29 is 9.72 Å². The third-order valence-corrected chi connectivity index (χ3v) is 4.35. The SMILES string of the molecule is O=C1Cc2cc([N+](=O)[O-])c(NCC3CCCCC3)cc2N1. The molecule has 1 aromatic carbocycles. The molecule has 0 saturated heterocycles. The maximum Gasteiger partial charge on any atom is 0.292 e. The summed E-state index contributed by atoms with van der Waals surface area (Å²) in [5.41, 5.74) is 1.96. The summed E-state index contributed by atoms with van der Waals surface area (Å²) in [7, 11) is 0. The molecule has 21 heavy (non-hydrogen) atoms. The minimum atomic E-state index is -0.383. The molecule has 1 saturated carbocycles.